The Morgan fingerprint density at radius 2 is 2.00 bits per heavy atom. The van der Waals surface area contributed by atoms with Crippen LogP contribution in [0.15, 0.2) is 23.8 Å². The Hall–Kier alpha value is -2.60. The van der Waals surface area contributed by atoms with Gasteiger partial charge >= 0.3 is 0 Å². The molecule has 0 N–H and O–H groups in total. The molecule has 0 aliphatic carbocycles. The summed E-state index contributed by atoms with van der Waals surface area (Å²) >= 11 is 0. The smallest absolute Gasteiger partial charge is 0.272 e. The van der Waals surface area contributed by atoms with Crippen LogP contribution in [0.1, 0.15) is 5.56 Å². The number of hydrogen-bond acceptors (Lipinski definition) is 4. The zero-order chi connectivity index (χ0) is 14.3. The lowest BCUT2D eigenvalue weighted by Crippen LogP contribution is -2.07. The predicted molar refractivity (Wildman–Crippen MR) is 63.7 cm³/mol. The maximum absolute atomic E-state index is 12.1. The van der Waals surface area contributed by atoms with Gasteiger partial charge in [-0.1, -0.05) is 6.07 Å². The van der Waals surface area contributed by atoms with E-state index in [-0.39, 0.29) is 17.1 Å². The van der Waals surface area contributed by atoms with Crippen molar-refractivity contribution in [1.29, 1.82) is 10.5 Å². The van der Waals surface area contributed by atoms with Crippen molar-refractivity contribution in [3.05, 3.63) is 29.3 Å². The van der Waals surface area contributed by atoms with Crippen molar-refractivity contribution < 1.29 is 18.3 Å². The van der Waals surface area contributed by atoms with E-state index in [1.54, 1.807) is 12.1 Å². The molecule has 0 amide bonds. The Morgan fingerprint density at radius 1 is 1.32 bits per heavy atom. The van der Waals surface area contributed by atoms with Gasteiger partial charge in [0.2, 0.25) is 0 Å². The highest BCUT2D eigenvalue weighted by atomic mass is 19.3. The van der Waals surface area contributed by atoms with E-state index in [0.717, 1.165) is 0 Å². The lowest BCUT2D eigenvalue weighted by molar-refractivity contribution is 0.0804. The second kappa shape index (κ2) is 6.97. The third kappa shape index (κ3) is 4.29. The van der Waals surface area contributed by atoms with E-state index in [1.165, 1.54) is 31.4 Å². The molecule has 0 radical (unpaired) electrons. The number of nitriles is 2. The summed E-state index contributed by atoms with van der Waals surface area (Å²) in [6.07, 6.45) is -1.22. The molecule has 6 heteroatoms. The average Bonchev–Trinajstić information content (AvgIpc) is 2.42. The summed E-state index contributed by atoms with van der Waals surface area (Å²) in [7, 11) is 1.37. The van der Waals surface area contributed by atoms with E-state index in [9.17, 15) is 8.78 Å². The van der Waals surface area contributed by atoms with E-state index >= 15 is 0 Å². The minimum Gasteiger partial charge on any atom is -0.493 e. The van der Waals surface area contributed by atoms with Gasteiger partial charge in [-0.3, -0.25) is 0 Å². The minimum atomic E-state index is -2.58. The Balaban J connectivity index is 3.00. The molecule has 0 bridgehead atoms. The number of benzene rings is 1. The summed E-state index contributed by atoms with van der Waals surface area (Å²) < 4.78 is 34.0. The van der Waals surface area contributed by atoms with Crippen LogP contribution in [0.25, 0.3) is 6.08 Å². The number of hydrogen-bond donors (Lipinski definition) is 0. The second-order valence-corrected chi connectivity index (χ2v) is 3.39. The van der Waals surface area contributed by atoms with Crippen LogP contribution in [-0.4, -0.2) is 20.1 Å². The zero-order valence-electron chi connectivity index (χ0n) is 10.1. The first-order chi connectivity index (χ1) is 9.10. The van der Waals surface area contributed by atoms with Gasteiger partial charge < -0.3 is 9.47 Å². The van der Waals surface area contributed by atoms with Gasteiger partial charge in [-0.05, 0) is 23.8 Å². The summed E-state index contributed by atoms with van der Waals surface area (Å²) in [5, 5.41) is 17.3. The molecule has 0 aliphatic rings. The maximum Gasteiger partial charge on any atom is 0.272 e. The standard InChI is InChI=1S/C13H10F2N2O2/c1-18-12-5-9(4-10(6-16)7-17)2-3-11(12)19-8-13(14)15/h2-5,13H,8H2,1H3. The van der Waals surface area contributed by atoms with Gasteiger partial charge in [0.05, 0.1) is 7.11 Å². The van der Waals surface area contributed by atoms with Crippen LogP contribution in [0, 0.1) is 22.7 Å². The number of alkyl halides is 2. The van der Waals surface area contributed by atoms with Gasteiger partial charge in [0, 0.05) is 0 Å². The van der Waals surface area contributed by atoms with E-state index in [4.69, 9.17) is 20.0 Å². The summed E-state index contributed by atoms with van der Waals surface area (Å²) in [6, 6.07) is 7.92. The molecule has 0 spiro atoms. The van der Waals surface area contributed by atoms with Crippen LogP contribution >= 0.6 is 0 Å². The molecule has 0 unspecified atom stereocenters. The number of methoxy groups -OCH3 is 1. The Kier molecular flexibility index (Phi) is 5.31. The van der Waals surface area contributed by atoms with Crippen LogP contribution < -0.4 is 9.47 Å². The highest BCUT2D eigenvalue weighted by Gasteiger charge is 2.09. The minimum absolute atomic E-state index is 0.0664. The number of allylic oxidation sites excluding steroid dienone is 1. The fraction of sp³-hybridized carbons (Fsp3) is 0.231. The first-order valence-corrected chi connectivity index (χ1v) is 5.21. The van der Waals surface area contributed by atoms with Crippen LogP contribution in [0.4, 0.5) is 8.78 Å². The van der Waals surface area contributed by atoms with Crippen molar-refractivity contribution in [2.45, 2.75) is 6.43 Å². The fourth-order valence-electron chi connectivity index (χ4n) is 1.30. The van der Waals surface area contributed by atoms with Crippen molar-refractivity contribution in [3.8, 4) is 23.6 Å². The molecule has 0 saturated carbocycles. The van der Waals surface area contributed by atoms with Gasteiger partial charge in [-0.25, -0.2) is 8.78 Å². The number of ether oxygens (including phenoxy) is 2. The number of rotatable bonds is 5. The molecule has 0 fully saturated rings. The molecule has 1 aromatic rings. The fourth-order valence-corrected chi connectivity index (χ4v) is 1.30. The summed E-state index contributed by atoms with van der Waals surface area (Å²) in [5.74, 6) is 0.431. The summed E-state index contributed by atoms with van der Waals surface area (Å²) in [4.78, 5) is 0. The molecule has 0 heterocycles. The maximum atomic E-state index is 12.1. The molecule has 0 saturated heterocycles. The van der Waals surface area contributed by atoms with Crippen LogP contribution in [-0.2, 0) is 0 Å². The molecule has 0 atom stereocenters. The molecule has 1 aromatic carbocycles. The second-order valence-electron chi connectivity index (χ2n) is 3.39. The topological polar surface area (TPSA) is 66.0 Å². The van der Waals surface area contributed by atoms with E-state index in [1.807, 2.05) is 0 Å². The van der Waals surface area contributed by atoms with Gasteiger partial charge in [-0.15, -0.1) is 0 Å². The first kappa shape index (κ1) is 14.5. The Morgan fingerprint density at radius 3 is 2.53 bits per heavy atom. The van der Waals surface area contributed by atoms with Crippen molar-refractivity contribution >= 4 is 6.08 Å². The van der Waals surface area contributed by atoms with Crippen molar-refractivity contribution in [3.63, 3.8) is 0 Å². The van der Waals surface area contributed by atoms with Crippen LogP contribution in [0.5, 0.6) is 11.5 Å². The zero-order valence-corrected chi connectivity index (χ0v) is 10.1. The highest BCUT2D eigenvalue weighted by Crippen LogP contribution is 2.29. The first-order valence-electron chi connectivity index (χ1n) is 5.21. The molecule has 0 aromatic heterocycles. The van der Waals surface area contributed by atoms with Crippen LogP contribution in [0.3, 0.4) is 0 Å². The molecule has 98 valence electrons. The summed E-state index contributed by atoms with van der Waals surface area (Å²) in [6.45, 7) is -0.729. The normalized spacial score (nSPS) is 9.37. The van der Waals surface area contributed by atoms with Gasteiger partial charge in [-0.2, -0.15) is 10.5 Å². The lowest BCUT2D eigenvalue weighted by Gasteiger charge is -2.10. The largest absolute Gasteiger partial charge is 0.493 e. The van der Waals surface area contributed by atoms with E-state index < -0.39 is 13.0 Å². The van der Waals surface area contributed by atoms with Gasteiger partial charge in [0.15, 0.2) is 11.5 Å². The SMILES string of the molecule is COc1cc(C=C(C#N)C#N)ccc1OCC(F)F. The van der Waals surface area contributed by atoms with Crippen molar-refractivity contribution in [2.75, 3.05) is 13.7 Å². The van der Waals surface area contributed by atoms with Crippen LogP contribution in [0.2, 0.25) is 0 Å². The van der Waals surface area contributed by atoms with Gasteiger partial charge in [0.1, 0.15) is 24.3 Å². The van der Waals surface area contributed by atoms with E-state index in [0.29, 0.717) is 5.56 Å². The molecule has 0 aliphatic heterocycles. The Labute approximate surface area is 109 Å². The third-order valence-electron chi connectivity index (χ3n) is 2.10. The number of nitrogens with zero attached hydrogens (tertiary/aromatic N) is 2. The molecule has 1 rings (SSSR count). The van der Waals surface area contributed by atoms with Crippen molar-refractivity contribution in [2.24, 2.45) is 0 Å². The monoisotopic (exact) mass is 264 g/mol. The molecule has 4 nitrogen and oxygen atoms in total. The third-order valence-corrected chi connectivity index (χ3v) is 2.10. The van der Waals surface area contributed by atoms with Crippen molar-refractivity contribution in [1.82, 2.24) is 0 Å². The Bertz CT molecular complexity index is 541. The highest BCUT2D eigenvalue weighted by molar-refractivity contribution is 5.64. The quantitative estimate of drug-likeness (QED) is 0.767. The number of halogens is 2. The molecular weight excluding hydrogens is 254 g/mol. The summed E-state index contributed by atoms with van der Waals surface area (Å²) in [5.41, 5.74) is 0.475. The van der Waals surface area contributed by atoms with E-state index in [2.05, 4.69) is 0 Å². The van der Waals surface area contributed by atoms with Gasteiger partial charge in [0.25, 0.3) is 6.43 Å². The lowest BCUT2D eigenvalue weighted by atomic mass is 10.1. The average molecular weight is 264 g/mol. The molecular formula is C13H10F2N2O2. The molecule has 19 heavy (non-hydrogen) atoms. The predicted octanol–water partition coefficient (Wildman–Crippen LogP) is 2.77.